The smallest absolute Gasteiger partial charge is 0.338 e. The number of aryl methyl sites for hydroxylation is 1. The van der Waals surface area contributed by atoms with Crippen molar-refractivity contribution >= 4 is 17.5 Å². The van der Waals surface area contributed by atoms with E-state index in [-0.39, 0.29) is 39.4 Å². The number of benzene rings is 2. The van der Waals surface area contributed by atoms with Crippen molar-refractivity contribution < 1.29 is 24.2 Å². The number of phenolic OH excluding ortho intramolecular Hbond substituents is 1. The third-order valence-corrected chi connectivity index (χ3v) is 4.15. The van der Waals surface area contributed by atoms with Gasteiger partial charge in [0.05, 0.1) is 18.2 Å². The lowest BCUT2D eigenvalue weighted by Gasteiger charge is -2.22. The minimum absolute atomic E-state index is 0.0206. The van der Waals surface area contributed by atoms with Gasteiger partial charge in [0.25, 0.3) is 0 Å². The normalized spacial score (nSPS) is 12.7. The molecule has 0 unspecified atom stereocenters. The zero-order valence-electron chi connectivity index (χ0n) is 12.9. The monoisotopic (exact) mass is 310 g/mol. The number of hydrogen-bond donors (Lipinski definition) is 1. The van der Waals surface area contributed by atoms with E-state index >= 15 is 0 Å². The molecule has 0 radical (unpaired) electrons. The number of carbonyl (C=O) groups excluding carboxylic acids is 3. The Labute approximate surface area is 132 Å². The molecule has 5 nitrogen and oxygen atoms in total. The van der Waals surface area contributed by atoms with Gasteiger partial charge in [-0.05, 0) is 37.1 Å². The number of esters is 1. The molecular weight excluding hydrogens is 296 g/mol. The van der Waals surface area contributed by atoms with Crippen LogP contribution in [0.4, 0.5) is 0 Å². The first-order valence-electron chi connectivity index (χ1n) is 7.02. The number of carbonyl (C=O) groups is 3. The molecule has 2 aromatic rings. The first-order chi connectivity index (χ1) is 10.9. The summed E-state index contributed by atoms with van der Waals surface area (Å²) in [7, 11) is 1.26. The summed E-state index contributed by atoms with van der Waals surface area (Å²) in [6.07, 6.45) is 0. The predicted molar refractivity (Wildman–Crippen MR) is 82.2 cm³/mol. The summed E-state index contributed by atoms with van der Waals surface area (Å²) in [5.74, 6) is -1.61. The fourth-order valence-electron chi connectivity index (χ4n) is 3.11. The number of aromatic hydroxyl groups is 1. The minimum Gasteiger partial charge on any atom is -0.507 e. The van der Waals surface area contributed by atoms with Crippen molar-refractivity contribution in [3.05, 3.63) is 63.2 Å². The molecule has 1 aliphatic carbocycles. The number of methoxy groups -OCH3 is 1. The first kappa shape index (κ1) is 15.0. The average molecular weight is 310 g/mol. The van der Waals surface area contributed by atoms with Crippen molar-refractivity contribution in [1.29, 1.82) is 0 Å². The number of fused-ring (bicyclic) bond motifs is 2. The van der Waals surface area contributed by atoms with Crippen molar-refractivity contribution in [3.8, 4) is 5.75 Å². The average Bonchev–Trinajstić information content (AvgIpc) is 2.51. The third kappa shape index (κ3) is 1.97. The molecule has 0 saturated heterocycles. The largest absolute Gasteiger partial charge is 0.507 e. The zero-order valence-corrected chi connectivity index (χ0v) is 12.9. The second kappa shape index (κ2) is 5.05. The lowest BCUT2D eigenvalue weighted by molar-refractivity contribution is 0.0598. The van der Waals surface area contributed by atoms with Gasteiger partial charge < -0.3 is 9.84 Å². The topological polar surface area (TPSA) is 80.7 Å². The Kier molecular flexibility index (Phi) is 3.29. The van der Waals surface area contributed by atoms with Crippen LogP contribution in [0.1, 0.15) is 53.3 Å². The molecule has 0 fully saturated rings. The molecule has 23 heavy (non-hydrogen) atoms. The molecule has 0 aliphatic heterocycles. The van der Waals surface area contributed by atoms with Gasteiger partial charge in [-0.3, -0.25) is 9.59 Å². The summed E-state index contributed by atoms with van der Waals surface area (Å²) in [5, 5.41) is 9.98. The van der Waals surface area contributed by atoms with E-state index in [4.69, 9.17) is 4.74 Å². The van der Waals surface area contributed by atoms with Gasteiger partial charge in [0, 0.05) is 16.7 Å². The minimum atomic E-state index is -0.564. The number of rotatable bonds is 1. The van der Waals surface area contributed by atoms with Gasteiger partial charge in [-0.2, -0.15) is 0 Å². The Balaban J connectivity index is 2.37. The number of ether oxygens (including phenoxy) is 1. The summed E-state index contributed by atoms with van der Waals surface area (Å²) in [6.45, 7) is 3.30. The van der Waals surface area contributed by atoms with E-state index in [0.29, 0.717) is 11.1 Å². The summed E-state index contributed by atoms with van der Waals surface area (Å²) < 4.78 is 4.76. The maximum Gasteiger partial charge on any atom is 0.338 e. The molecule has 0 bridgehead atoms. The van der Waals surface area contributed by atoms with Gasteiger partial charge in [-0.25, -0.2) is 4.79 Å². The van der Waals surface area contributed by atoms with Crippen LogP contribution in [0.2, 0.25) is 0 Å². The van der Waals surface area contributed by atoms with Crippen LogP contribution in [-0.2, 0) is 4.74 Å². The van der Waals surface area contributed by atoms with Crippen LogP contribution in [0.15, 0.2) is 24.3 Å². The van der Waals surface area contributed by atoms with Gasteiger partial charge >= 0.3 is 5.97 Å². The van der Waals surface area contributed by atoms with E-state index in [1.807, 2.05) is 0 Å². The van der Waals surface area contributed by atoms with Crippen LogP contribution in [0.25, 0.3) is 0 Å². The summed E-state index contributed by atoms with van der Waals surface area (Å²) in [4.78, 5) is 37.5. The highest BCUT2D eigenvalue weighted by atomic mass is 16.5. The van der Waals surface area contributed by atoms with Crippen LogP contribution < -0.4 is 0 Å². The third-order valence-electron chi connectivity index (χ3n) is 4.15. The molecule has 0 amide bonds. The number of hydrogen-bond acceptors (Lipinski definition) is 5. The molecule has 1 aliphatic rings. The summed E-state index contributed by atoms with van der Waals surface area (Å²) in [5.41, 5.74) is 1.77. The molecule has 3 rings (SSSR count). The molecule has 2 aromatic carbocycles. The standard InChI is InChI=1S/C18H14O5/c1-8-7-11-14(9(2)13(8)18(22)23-3)17(21)15-10(16(11)20)5-4-6-12(15)19/h4-7,19H,1-3H3. The van der Waals surface area contributed by atoms with Crippen LogP contribution in [-0.4, -0.2) is 29.8 Å². The van der Waals surface area contributed by atoms with Crippen molar-refractivity contribution in [3.63, 3.8) is 0 Å². The highest BCUT2D eigenvalue weighted by molar-refractivity contribution is 6.30. The molecule has 5 heteroatoms. The number of phenols is 1. The molecule has 0 saturated carbocycles. The fourth-order valence-corrected chi connectivity index (χ4v) is 3.11. The molecular formula is C18H14O5. The summed E-state index contributed by atoms with van der Waals surface area (Å²) >= 11 is 0. The van der Waals surface area contributed by atoms with E-state index in [9.17, 15) is 19.5 Å². The predicted octanol–water partition coefficient (Wildman–Crippen LogP) is 2.57. The Morgan fingerprint density at radius 1 is 1.04 bits per heavy atom. The van der Waals surface area contributed by atoms with Gasteiger partial charge in [-0.15, -0.1) is 0 Å². The molecule has 1 N–H and O–H groups in total. The Bertz CT molecular complexity index is 893. The van der Waals surface area contributed by atoms with Crippen LogP contribution in [0, 0.1) is 13.8 Å². The maximum atomic E-state index is 12.8. The second-order valence-corrected chi connectivity index (χ2v) is 5.47. The van der Waals surface area contributed by atoms with Crippen molar-refractivity contribution in [1.82, 2.24) is 0 Å². The quantitative estimate of drug-likeness (QED) is 0.699. The van der Waals surface area contributed by atoms with E-state index in [1.54, 1.807) is 13.8 Å². The SMILES string of the molecule is COC(=O)c1c(C)cc2c(c1C)C(=O)c1c(O)cccc1C2=O. The van der Waals surface area contributed by atoms with Crippen molar-refractivity contribution in [2.45, 2.75) is 13.8 Å². The van der Waals surface area contributed by atoms with Gasteiger partial charge in [0.15, 0.2) is 11.6 Å². The van der Waals surface area contributed by atoms with Crippen molar-refractivity contribution in [2.24, 2.45) is 0 Å². The molecule has 0 atom stereocenters. The van der Waals surface area contributed by atoms with Gasteiger partial charge in [0.1, 0.15) is 5.75 Å². The second-order valence-electron chi connectivity index (χ2n) is 5.47. The van der Waals surface area contributed by atoms with E-state index in [2.05, 4.69) is 0 Å². The Hall–Kier alpha value is -2.95. The Morgan fingerprint density at radius 2 is 1.74 bits per heavy atom. The first-order valence-corrected chi connectivity index (χ1v) is 7.02. The molecule has 0 heterocycles. The maximum absolute atomic E-state index is 12.8. The van der Waals surface area contributed by atoms with E-state index < -0.39 is 11.8 Å². The fraction of sp³-hybridized carbons (Fsp3) is 0.167. The van der Waals surface area contributed by atoms with Crippen LogP contribution in [0.5, 0.6) is 5.75 Å². The highest BCUT2D eigenvalue weighted by Crippen LogP contribution is 2.36. The molecule has 116 valence electrons. The lowest BCUT2D eigenvalue weighted by atomic mass is 9.79. The van der Waals surface area contributed by atoms with E-state index in [0.717, 1.165) is 0 Å². The van der Waals surface area contributed by atoms with E-state index in [1.165, 1.54) is 31.4 Å². The van der Waals surface area contributed by atoms with Gasteiger partial charge in [-0.1, -0.05) is 12.1 Å². The zero-order chi connectivity index (χ0) is 16.9. The van der Waals surface area contributed by atoms with Crippen LogP contribution >= 0.6 is 0 Å². The van der Waals surface area contributed by atoms with Gasteiger partial charge in [0.2, 0.25) is 0 Å². The highest BCUT2D eigenvalue weighted by Gasteiger charge is 2.35. The van der Waals surface area contributed by atoms with Crippen molar-refractivity contribution in [2.75, 3.05) is 7.11 Å². The number of ketones is 2. The Morgan fingerprint density at radius 3 is 2.39 bits per heavy atom. The summed E-state index contributed by atoms with van der Waals surface area (Å²) in [6, 6.07) is 5.92. The van der Waals surface area contributed by atoms with Crippen LogP contribution in [0.3, 0.4) is 0 Å². The molecule has 0 spiro atoms. The molecule has 0 aromatic heterocycles. The lowest BCUT2D eigenvalue weighted by Crippen LogP contribution is -2.24.